The third kappa shape index (κ3) is 5.44. The molecule has 0 amide bonds. The van der Waals surface area contributed by atoms with Gasteiger partial charge in [-0.1, -0.05) is 118 Å². The van der Waals surface area contributed by atoms with Crippen LogP contribution in [0, 0.1) is 6.92 Å². The third-order valence-electron chi connectivity index (χ3n) is 7.39. The zero-order valence-electron chi connectivity index (χ0n) is 25.0. The van der Waals surface area contributed by atoms with E-state index in [2.05, 4.69) is 150 Å². The van der Waals surface area contributed by atoms with Gasteiger partial charge in [0.2, 0.25) is 0 Å². The van der Waals surface area contributed by atoms with Crippen molar-refractivity contribution in [3.05, 3.63) is 158 Å². The summed E-state index contributed by atoms with van der Waals surface area (Å²) in [5.74, 6) is 0. The molecule has 2 heterocycles. The number of benzene rings is 5. The molecule has 0 bridgehead atoms. The van der Waals surface area contributed by atoms with Gasteiger partial charge in [0.25, 0.3) is 0 Å². The Hall–Kier alpha value is -5.08. The normalized spacial score (nSPS) is 10.9. The molecule has 42 heavy (non-hydrogen) atoms. The second-order valence-corrected chi connectivity index (χ2v) is 9.90. The fraction of sp³-hybridized carbons (Fsp3) is 0.100. The van der Waals surface area contributed by atoms with E-state index in [0.29, 0.717) is 0 Å². The Balaban J connectivity index is 0.000000459. The van der Waals surface area contributed by atoms with E-state index in [1.807, 2.05) is 32.9 Å². The molecule has 2 heteroatoms. The van der Waals surface area contributed by atoms with Gasteiger partial charge in [-0.25, -0.2) is 0 Å². The highest BCUT2D eigenvalue weighted by Gasteiger charge is 2.12. The monoisotopic (exact) mass is 546 g/mol. The molecular weight excluding hydrogens is 508 g/mol. The minimum Gasteiger partial charge on any atom is -0.314 e. The van der Waals surface area contributed by atoms with E-state index in [4.69, 9.17) is 0 Å². The predicted octanol–water partition coefficient (Wildman–Crippen LogP) is 11.5. The van der Waals surface area contributed by atoms with Crippen LogP contribution < -0.4 is 0 Å². The minimum absolute atomic E-state index is 1.18. The first-order chi connectivity index (χ1) is 20.7. The SMILES string of the molecule is C=C/C=C\C.CC.Cc1cc2ccccc2n1-c1ccc(-c2ccc(-n3c4ccccc4c4ccccc43)cc2)cc1. The van der Waals surface area contributed by atoms with Crippen LogP contribution in [0.1, 0.15) is 26.5 Å². The van der Waals surface area contributed by atoms with Gasteiger partial charge in [0.1, 0.15) is 0 Å². The fourth-order valence-electron chi connectivity index (χ4n) is 5.58. The molecule has 0 radical (unpaired) electrons. The maximum absolute atomic E-state index is 3.46. The first-order valence-electron chi connectivity index (χ1n) is 14.7. The molecular formula is C40H38N2. The van der Waals surface area contributed by atoms with Crippen LogP contribution in [0.3, 0.4) is 0 Å². The van der Waals surface area contributed by atoms with Crippen molar-refractivity contribution in [3.63, 3.8) is 0 Å². The number of nitrogens with zero attached hydrogens (tertiary/aromatic N) is 2. The molecule has 0 N–H and O–H groups in total. The molecule has 5 aromatic carbocycles. The highest BCUT2D eigenvalue weighted by Crippen LogP contribution is 2.33. The molecule has 0 spiro atoms. The first kappa shape index (κ1) is 28.4. The zero-order chi connectivity index (χ0) is 29.5. The van der Waals surface area contributed by atoms with Gasteiger partial charge in [0.15, 0.2) is 0 Å². The molecule has 0 aliphatic heterocycles. The van der Waals surface area contributed by atoms with Crippen LogP contribution in [0.25, 0.3) is 55.2 Å². The van der Waals surface area contributed by atoms with Crippen LogP contribution in [0.2, 0.25) is 0 Å². The number of aryl methyl sites for hydroxylation is 1. The summed E-state index contributed by atoms with van der Waals surface area (Å²) in [5.41, 5.74) is 9.77. The van der Waals surface area contributed by atoms with E-state index in [0.717, 1.165) is 0 Å². The lowest BCUT2D eigenvalue weighted by Crippen LogP contribution is -1.96. The van der Waals surface area contributed by atoms with Crippen molar-refractivity contribution in [2.24, 2.45) is 0 Å². The topological polar surface area (TPSA) is 9.86 Å². The van der Waals surface area contributed by atoms with Crippen molar-refractivity contribution in [2.45, 2.75) is 27.7 Å². The molecule has 0 aliphatic rings. The van der Waals surface area contributed by atoms with Crippen molar-refractivity contribution in [1.82, 2.24) is 9.13 Å². The zero-order valence-corrected chi connectivity index (χ0v) is 25.0. The van der Waals surface area contributed by atoms with Crippen molar-refractivity contribution in [2.75, 3.05) is 0 Å². The molecule has 2 nitrogen and oxygen atoms in total. The van der Waals surface area contributed by atoms with E-state index < -0.39 is 0 Å². The Bertz CT molecular complexity index is 1910. The van der Waals surface area contributed by atoms with Crippen LogP contribution >= 0.6 is 0 Å². The van der Waals surface area contributed by atoms with Crippen molar-refractivity contribution in [1.29, 1.82) is 0 Å². The number of rotatable bonds is 4. The van der Waals surface area contributed by atoms with Crippen LogP contribution in [-0.4, -0.2) is 9.13 Å². The number of para-hydroxylation sites is 3. The van der Waals surface area contributed by atoms with E-state index in [1.54, 1.807) is 6.08 Å². The maximum atomic E-state index is 3.46. The molecule has 0 saturated carbocycles. The average molecular weight is 547 g/mol. The average Bonchev–Trinajstić information content (AvgIpc) is 3.57. The summed E-state index contributed by atoms with van der Waals surface area (Å²) in [6.45, 7) is 11.6. The number of allylic oxidation sites excluding steroid dienone is 3. The van der Waals surface area contributed by atoms with Gasteiger partial charge in [-0.15, -0.1) is 0 Å². The van der Waals surface area contributed by atoms with E-state index >= 15 is 0 Å². The number of fused-ring (bicyclic) bond motifs is 4. The van der Waals surface area contributed by atoms with Gasteiger partial charge >= 0.3 is 0 Å². The lowest BCUT2D eigenvalue weighted by Gasteiger charge is -2.11. The molecule has 0 aliphatic carbocycles. The van der Waals surface area contributed by atoms with Gasteiger partial charge in [0, 0.05) is 33.2 Å². The van der Waals surface area contributed by atoms with E-state index in [1.165, 1.54) is 60.9 Å². The summed E-state index contributed by atoms with van der Waals surface area (Å²) in [7, 11) is 0. The highest BCUT2D eigenvalue weighted by molar-refractivity contribution is 6.09. The quantitative estimate of drug-likeness (QED) is 0.194. The van der Waals surface area contributed by atoms with Crippen molar-refractivity contribution < 1.29 is 0 Å². The molecule has 7 rings (SSSR count). The first-order valence-corrected chi connectivity index (χ1v) is 14.7. The predicted molar refractivity (Wildman–Crippen MR) is 184 cm³/mol. The number of aromatic nitrogens is 2. The Morgan fingerprint density at radius 1 is 0.548 bits per heavy atom. The Kier molecular flexibility index (Phi) is 8.84. The lowest BCUT2D eigenvalue weighted by atomic mass is 10.0. The van der Waals surface area contributed by atoms with Crippen molar-refractivity contribution in [3.8, 4) is 22.5 Å². The Morgan fingerprint density at radius 2 is 1.00 bits per heavy atom. The summed E-state index contributed by atoms with van der Waals surface area (Å²) in [6, 6.07) is 45.9. The lowest BCUT2D eigenvalue weighted by molar-refractivity contribution is 1.05. The van der Waals surface area contributed by atoms with Gasteiger partial charge in [-0.3, -0.25) is 0 Å². The van der Waals surface area contributed by atoms with Crippen LogP contribution in [0.15, 0.2) is 152 Å². The fourth-order valence-corrected chi connectivity index (χ4v) is 5.58. The summed E-state index contributed by atoms with van der Waals surface area (Å²) in [5, 5.41) is 3.85. The van der Waals surface area contributed by atoms with Gasteiger partial charge in [-0.2, -0.15) is 0 Å². The minimum atomic E-state index is 1.18. The molecule has 0 fully saturated rings. The number of hydrogen-bond donors (Lipinski definition) is 0. The summed E-state index contributed by atoms with van der Waals surface area (Å²) < 4.78 is 4.68. The number of hydrogen-bond acceptors (Lipinski definition) is 0. The highest BCUT2D eigenvalue weighted by atomic mass is 15.0. The molecule has 0 atom stereocenters. The molecule has 2 aromatic heterocycles. The largest absolute Gasteiger partial charge is 0.314 e. The molecule has 7 aromatic rings. The van der Waals surface area contributed by atoms with Crippen LogP contribution in [0.4, 0.5) is 0 Å². The Labute approximate surface area is 249 Å². The third-order valence-corrected chi connectivity index (χ3v) is 7.39. The molecule has 208 valence electrons. The summed E-state index contributed by atoms with van der Waals surface area (Å²) >= 11 is 0. The smallest absolute Gasteiger partial charge is 0.0541 e. The summed E-state index contributed by atoms with van der Waals surface area (Å²) in [6.07, 6.45) is 5.58. The molecule has 0 unspecified atom stereocenters. The van der Waals surface area contributed by atoms with Crippen molar-refractivity contribution >= 4 is 32.7 Å². The Morgan fingerprint density at radius 3 is 1.48 bits per heavy atom. The van der Waals surface area contributed by atoms with Crippen LogP contribution in [0.5, 0.6) is 0 Å². The summed E-state index contributed by atoms with van der Waals surface area (Å²) in [4.78, 5) is 0. The van der Waals surface area contributed by atoms with Gasteiger partial charge in [0.05, 0.1) is 16.6 Å². The second-order valence-electron chi connectivity index (χ2n) is 9.90. The second kappa shape index (κ2) is 13.1. The van der Waals surface area contributed by atoms with Gasteiger partial charge < -0.3 is 9.13 Å². The standard InChI is InChI=1S/C33H24N2.C5H8.C2H6/c1-23-22-26-8-2-5-11-31(26)34(23)27-18-14-24(15-19-27)25-16-20-28(21-17-25)35-32-12-6-3-9-29(32)30-10-4-7-13-33(30)35;1-3-5-4-2;1-2/h2-22H,1H3;3-5H,1H2,2H3;1-2H3/b;5-4-;. The van der Waals surface area contributed by atoms with Gasteiger partial charge in [-0.05, 0) is 73.5 Å². The maximum Gasteiger partial charge on any atom is 0.0541 e. The van der Waals surface area contributed by atoms with E-state index in [-0.39, 0.29) is 0 Å². The van der Waals surface area contributed by atoms with Crippen LogP contribution in [-0.2, 0) is 0 Å². The molecule has 0 saturated heterocycles. The van der Waals surface area contributed by atoms with E-state index in [9.17, 15) is 0 Å².